The monoisotopic (exact) mass is 1370 g/mol. The van der Waals surface area contributed by atoms with Gasteiger partial charge in [-0.25, -0.2) is 9.13 Å². The smallest absolute Gasteiger partial charge is 0.462 e. The van der Waals surface area contributed by atoms with E-state index in [9.17, 15) is 43.2 Å². The van der Waals surface area contributed by atoms with Crippen molar-refractivity contribution in [2.24, 2.45) is 23.7 Å². The van der Waals surface area contributed by atoms with E-state index in [1.807, 2.05) is 0 Å². The van der Waals surface area contributed by atoms with Crippen LogP contribution in [0.2, 0.25) is 0 Å². The first-order valence-electron chi connectivity index (χ1n) is 38.2. The second kappa shape index (κ2) is 63.5. The molecular weight excluding hydrogens is 1220 g/mol. The van der Waals surface area contributed by atoms with E-state index in [2.05, 4.69) is 55.4 Å². The van der Waals surface area contributed by atoms with Gasteiger partial charge in [0.1, 0.15) is 19.3 Å². The Kier molecular flexibility index (Phi) is 62.2. The molecule has 3 unspecified atom stereocenters. The average molecular weight is 1370 g/mol. The number of hydrogen-bond acceptors (Lipinski definition) is 15. The van der Waals surface area contributed by atoms with Crippen LogP contribution in [-0.4, -0.2) is 96.7 Å². The predicted octanol–water partition coefficient (Wildman–Crippen LogP) is 21.3. The van der Waals surface area contributed by atoms with Crippen LogP contribution < -0.4 is 0 Å². The Morgan fingerprint density at radius 1 is 0.269 bits per heavy atom. The van der Waals surface area contributed by atoms with Gasteiger partial charge in [0.2, 0.25) is 0 Å². The normalized spacial score (nSPS) is 14.2. The Morgan fingerprint density at radius 2 is 0.452 bits per heavy atom. The number of hydrogen-bond donors (Lipinski definition) is 3. The third kappa shape index (κ3) is 68.4. The van der Waals surface area contributed by atoms with Crippen LogP contribution in [0.1, 0.15) is 370 Å². The van der Waals surface area contributed by atoms with Gasteiger partial charge in [0.05, 0.1) is 26.4 Å². The molecule has 0 spiro atoms. The number of rotatable bonds is 71. The topological polar surface area (TPSA) is 237 Å². The number of esters is 4. The molecule has 17 nitrogen and oxygen atoms in total. The van der Waals surface area contributed by atoms with E-state index in [0.29, 0.717) is 31.6 Å². The third-order valence-electron chi connectivity index (χ3n) is 17.1. The first-order valence-corrected chi connectivity index (χ1v) is 41.2. The number of carbonyl (C=O) groups excluding carboxylic acids is 4. The number of aliphatic hydroxyl groups is 1. The molecule has 19 heteroatoms. The van der Waals surface area contributed by atoms with Crippen LogP contribution in [0.15, 0.2) is 0 Å². The average Bonchev–Trinajstić information content (AvgIpc) is 2.53. The summed E-state index contributed by atoms with van der Waals surface area (Å²) >= 11 is 0. The summed E-state index contributed by atoms with van der Waals surface area (Å²) in [5.74, 6) is 0.857. The molecular formula is C74H144O17P2. The summed E-state index contributed by atoms with van der Waals surface area (Å²) in [6.45, 7) is 14.1. The second-order valence-corrected chi connectivity index (χ2v) is 31.5. The Hall–Kier alpha value is -1.94. The summed E-state index contributed by atoms with van der Waals surface area (Å²) in [5, 5.41) is 10.6. The summed E-state index contributed by atoms with van der Waals surface area (Å²) in [7, 11) is -9.91. The van der Waals surface area contributed by atoms with Gasteiger partial charge in [-0.1, -0.05) is 319 Å². The zero-order chi connectivity index (χ0) is 68.9. The van der Waals surface area contributed by atoms with Gasteiger partial charge in [0, 0.05) is 25.7 Å². The molecule has 0 saturated heterocycles. The van der Waals surface area contributed by atoms with E-state index in [-0.39, 0.29) is 25.7 Å². The van der Waals surface area contributed by atoms with E-state index in [1.165, 1.54) is 167 Å². The van der Waals surface area contributed by atoms with Crippen molar-refractivity contribution in [1.82, 2.24) is 0 Å². The molecule has 3 N–H and O–H groups in total. The van der Waals surface area contributed by atoms with Gasteiger partial charge in [-0.05, 0) is 49.4 Å². The van der Waals surface area contributed by atoms with Crippen LogP contribution in [0.4, 0.5) is 0 Å². The van der Waals surface area contributed by atoms with Crippen molar-refractivity contribution in [3.05, 3.63) is 0 Å². The zero-order valence-electron chi connectivity index (χ0n) is 60.9. The van der Waals surface area contributed by atoms with Crippen LogP contribution in [0, 0.1) is 23.7 Å². The van der Waals surface area contributed by atoms with E-state index in [0.717, 1.165) is 114 Å². The molecule has 0 aliphatic rings. The molecule has 552 valence electrons. The summed E-state index contributed by atoms with van der Waals surface area (Å²) in [4.78, 5) is 72.7. The van der Waals surface area contributed by atoms with Gasteiger partial charge in [0.15, 0.2) is 12.2 Å². The van der Waals surface area contributed by atoms with Crippen molar-refractivity contribution in [3.63, 3.8) is 0 Å². The molecule has 0 rings (SSSR count). The minimum absolute atomic E-state index is 0.104. The van der Waals surface area contributed by atoms with Crippen molar-refractivity contribution in [2.75, 3.05) is 39.6 Å². The first-order chi connectivity index (χ1) is 44.6. The quantitative estimate of drug-likeness (QED) is 0.0222. The maximum Gasteiger partial charge on any atom is 0.472 e. The van der Waals surface area contributed by atoms with Crippen molar-refractivity contribution in [2.45, 2.75) is 388 Å². The summed E-state index contributed by atoms with van der Waals surface area (Å²) in [6, 6.07) is 0. The maximum atomic E-state index is 13.0. The minimum atomic E-state index is -4.95. The van der Waals surface area contributed by atoms with E-state index < -0.39 is 97.5 Å². The molecule has 0 aromatic carbocycles. The maximum absolute atomic E-state index is 13.0. The van der Waals surface area contributed by atoms with Crippen LogP contribution in [0.5, 0.6) is 0 Å². The molecule has 0 radical (unpaired) electrons. The van der Waals surface area contributed by atoms with E-state index >= 15 is 0 Å². The number of unbranched alkanes of at least 4 members (excludes halogenated alkanes) is 37. The van der Waals surface area contributed by atoms with E-state index in [4.69, 9.17) is 37.0 Å². The van der Waals surface area contributed by atoms with Crippen LogP contribution in [0.25, 0.3) is 0 Å². The standard InChI is InChI=1S/C74H144O17P2/c1-64(2)50-42-34-26-20-16-12-9-10-14-19-23-30-40-48-56-73(78)90-70(61-85-72(77)55-47-39-33-32-37-45-53-67(7)8)63-89-93(82,83)87-59-68(75)58-86-92(80,81)88-62-69(91-74(79)57-49-41-31-25-24-28-36-44-52-66(5)6)60-84-71(76)54-46-38-29-22-18-15-11-13-17-21-27-35-43-51-65(3)4/h64-70,75H,9-63H2,1-8H3,(H,80,81)(H,82,83)/t68?,69-,70-/m1/s1. The Labute approximate surface area is 568 Å². The Bertz CT molecular complexity index is 1830. The van der Waals surface area contributed by atoms with Gasteiger partial charge in [-0.2, -0.15) is 0 Å². The molecule has 0 heterocycles. The van der Waals surface area contributed by atoms with Crippen LogP contribution >= 0.6 is 15.6 Å². The Balaban J connectivity index is 5.20. The summed E-state index contributed by atoms with van der Waals surface area (Å²) < 4.78 is 68.4. The highest BCUT2D eigenvalue weighted by Gasteiger charge is 2.30. The predicted molar refractivity (Wildman–Crippen MR) is 377 cm³/mol. The fourth-order valence-electron chi connectivity index (χ4n) is 11.2. The highest BCUT2D eigenvalue weighted by atomic mass is 31.2. The second-order valence-electron chi connectivity index (χ2n) is 28.6. The molecule has 0 fully saturated rings. The fourth-order valence-corrected chi connectivity index (χ4v) is 12.8. The SMILES string of the molecule is CC(C)CCCCCCCCCCCCCCCCC(=O)O[C@H](COC(=O)CCCCCCCCC(C)C)COP(=O)(O)OCC(O)COP(=O)(O)OC[C@@H](COC(=O)CCCCCCCCCCCCCCCC(C)C)OC(=O)CCCCCCCCCCC(C)C. The highest BCUT2D eigenvalue weighted by Crippen LogP contribution is 2.45. The third-order valence-corrected chi connectivity index (χ3v) is 19.0. The molecule has 0 aromatic heterocycles. The molecule has 0 aromatic rings. The molecule has 0 saturated carbocycles. The lowest BCUT2D eigenvalue weighted by Gasteiger charge is -2.21. The Morgan fingerprint density at radius 3 is 0.667 bits per heavy atom. The molecule has 0 aliphatic heterocycles. The number of phosphoric ester groups is 2. The lowest BCUT2D eigenvalue weighted by atomic mass is 10.0. The van der Waals surface area contributed by atoms with Gasteiger partial charge in [0.25, 0.3) is 0 Å². The molecule has 0 aliphatic carbocycles. The first kappa shape index (κ1) is 91.1. The molecule has 0 bridgehead atoms. The minimum Gasteiger partial charge on any atom is -0.462 e. The fraction of sp³-hybridized carbons (Fsp3) is 0.946. The number of carbonyl (C=O) groups is 4. The van der Waals surface area contributed by atoms with Gasteiger partial charge >= 0.3 is 39.5 Å². The summed E-state index contributed by atoms with van der Waals surface area (Å²) in [5.41, 5.74) is 0. The highest BCUT2D eigenvalue weighted by molar-refractivity contribution is 7.47. The van der Waals surface area contributed by atoms with Crippen molar-refractivity contribution in [3.8, 4) is 0 Å². The molecule has 5 atom stereocenters. The van der Waals surface area contributed by atoms with Gasteiger partial charge in [-0.15, -0.1) is 0 Å². The van der Waals surface area contributed by atoms with Crippen LogP contribution in [0.3, 0.4) is 0 Å². The summed E-state index contributed by atoms with van der Waals surface area (Å²) in [6.07, 6.45) is 47.4. The lowest BCUT2D eigenvalue weighted by molar-refractivity contribution is -0.161. The number of ether oxygens (including phenoxy) is 4. The van der Waals surface area contributed by atoms with Crippen molar-refractivity contribution >= 4 is 39.5 Å². The van der Waals surface area contributed by atoms with Crippen molar-refractivity contribution < 1.29 is 80.2 Å². The van der Waals surface area contributed by atoms with E-state index in [1.54, 1.807) is 0 Å². The van der Waals surface area contributed by atoms with Gasteiger partial charge in [-0.3, -0.25) is 37.3 Å². The van der Waals surface area contributed by atoms with Crippen molar-refractivity contribution in [1.29, 1.82) is 0 Å². The molecule has 0 amide bonds. The largest absolute Gasteiger partial charge is 0.472 e. The van der Waals surface area contributed by atoms with Gasteiger partial charge < -0.3 is 33.8 Å². The number of phosphoric acid groups is 2. The zero-order valence-corrected chi connectivity index (χ0v) is 62.7. The molecule has 93 heavy (non-hydrogen) atoms. The lowest BCUT2D eigenvalue weighted by Crippen LogP contribution is -2.30. The number of aliphatic hydroxyl groups excluding tert-OH is 1. The van der Waals surface area contributed by atoms with Crippen LogP contribution in [-0.2, 0) is 65.4 Å².